The zero-order valence-corrected chi connectivity index (χ0v) is 11.0. The lowest BCUT2D eigenvalue weighted by Crippen LogP contribution is -2.47. The molecular formula is C14H23NO3. The number of Topliss-reactive ketones (excluding diaryl/α,β-unsaturated/α-hetero) is 1. The third-order valence-corrected chi connectivity index (χ3v) is 3.94. The summed E-state index contributed by atoms with van der Waals surface area (Å²) >= 11 is 0. The summed E-state index contributed by atoms with van der Waals surface area (Å²) in [7, 11) is 0. The van der Waals surface area contributed by atoms with Crippen molar-refractivity contribution in [2.45, 2.75) is 31.3 Å². The Bertz CT molecular complexity index is 292. The number of nitrogens with one attached hydrogen (secondary N) is 1. The SMILES string of the molecule is C=CCNCC(=O)C1CCOC2(CCOCC2)C1. The number of ether oxygens (including phenoxy) is 2. The highest BCUT2D eigenvalue weighted by Crippen LogP contribution is 2.37. The molecule has 0 aliphatic carbocycles. The molecule has 0 aromatic carbocycles. The second kappa shape index (κ2) is 6.45. The quantitative estimate of drug-likeness (QED) is 0.593. The molecule has 102 valence electrons. The highest BCUT2D eigenvalue weighted by Gasteiger charge is 2.40. The lowest BCUT2D eigenvalue weighted by molar-refractivity contribution is -0.156. The Morgan fingerprint density at radius 3 is 2.89 bits per heavy atom. The van der Waals surface area contributed by atoms with Gasteiger partial charge in [-0.15, -0.1) is 6.58 Å². The van der Waals surface area contributed by atoms with E-state index in [0.717, 1.165) is 38.9 Å². The van der Waals surface area contributed by atoms with Crippen molar-refractivity contribution in [3.8, 4) is 0 Å². The van der Waals surface area contributed by atoms with Gasteiger partial charge in [-0.1, -0.05) is 6.08 Å². The van der Waals surface area contributed by atoms with E-state index in [4.69, 9.17) is 9.47 Å². The molecule has 2 aliphatic heterocycles. The van der Waals surface area contributed by atoms with E-state index in [1.165, 1.54) is 0 Å². The molecule has 0 amide bonds. The van der Waals surface area contributed by atoms with Gasteiger partial charge in [-0.3, -0.25) is 4.79 Å². The largest absolute Gasteiger partial charge is 0.381 e. The summed E-state index contributed by atoms with van der Waals surface area (Å²) in [5, 5.41) is 3.09. The molecule has 4 heteroatoms. The molecule has 0 saturated carbocycles. The Balaban J connectivity index is 1.85. The first-order chi connectivity index (χ1) is 8.76. The number of ketones is 1. The molecule has 0 bridgehead atoms. The minimum absolute atomic E-state index is 0.0880. The van der Waals surface area contributed by atoms with E-state index in [9.17, 15) is 4.79 Å². The van der Waals surface area contributed by atoms with Crippen molar-refractivity contribution in [1.82, 2.24) is 5.32 Å². The van der Waals surface area contributed by atoms with Crippen molar-refractivity contribution in [2.24, 2.45) is 5.92 Å². The molecule has 2 saturated heterocycles. The average Bonchev–Trinajstić information content (AvgIpc) is 2.40. The number of carbonyl (C=O) groups excluding carboxylic acids is 1. The van der Waals surface area contributed by atoms with Crippen LogP contribution in [-0.2, 0) is 14.3 Å². The number of hydrogen-bond acceptors (Lipinski definition) is 4. The molecule has 2 rings (SSSR count). The van der Waals surface area contributed by atoms with Crippen molar-refractivity contribution in [3.05, 3.63) is 12.7 Å². The van der Waals surface area contributed by atoms with Gasteiger partial charge in [0, 0.05) is 32.3 Å². The van der Waals surface area contributed by atoms with Gasteiger partial charge in [-0.2, -0.15) is 0 Å². The standard InChI is InChI=1S/C14H23NO3/c1-2-6-15-11-13(16)12-3-7-18-14(10-12)4-8-17-9-5-14/h2,12,15H,1,3-11H2. The van der Waals surface area contributed by atoms with Crippen molar-refractivity contribution < 1.29 is 14.3 Å². The molecule has 2 aliphatic rings. The third-order valence-electron chi connectivity index (χ3n) is 3.94. The van der Waals surface area contributed by atoms with Gasteiger partial charge in [0.25, 0.3) is 0 Å². The normalized spacial score (nSPS) is 27.0. The average molecular weight is 253 g/mol. The van der Waals surface area contributed by atoms with Crippen LogP contribution in [0.4, 0.5) is 0 Å². The summed E-state index contributed by atoms with van der Waals surface area (Å²) in [6.07, 6.45) is 5.35. The molecule has 1 unspecified atom stereocenters. The van der Waals surface area contributed by atoms with Gasteiger partial charge < -0.3 is 14.8 Å². The minimum Gasteiger partial charge on any atom is -0.381 e. The summed E-state index contributed by atoms with van der Waals surface area (Å²) in [4.78, 5) is 12.1. The first kappa shape index (κ1) is 13.7. The summed E-state index contributed by atoms with van der Waals surface area (Å²) in [6.45, 7) is 6.99. The second-order valence-electron chi connectivity index (χ2n) is 5.22. The molecule has 4 nitrogen and oxygen atoms in total. The van der Waals surface area contributed by atoms with E-state index < -0.39 is 0 Å². The van der Waals surface area contributed by atoms with Gasteiger partial charge in [-0.05, 0) is 25.7 Å². The fourth-order valence-corrected chi connectivity index (χ4v) is 2.84. The highest BCUT2D eigenvalue weighted by molar-refractivity contribution is 5.83. The summed E-state index contributed by atoms with van der Waals surface area (Å²) in [5.74, 6) is 0.459. The van der Waals surface area contributed by atoms with Crippen LogP contribution < -0.4 is 5.32 Å². The van der Waals surface area contributed by atoms with E-state index in [1.54, 1.807) is 6.08 Å². The van der Waals surface area contributed by atoms with Crippen LogP contribution in [0.3, 0.4) is 0 Å². The first-order valence-corrected chi connectivity index (χ1v) is 6.82. The predicted molar refractivity (Wildman–Crippen MR) is 69.5 cm³/mol. The molecule has 0 aromatic heterocycles. The lowest BCUT2D eigenvalue weighted by Gasteiger charge is -2.42. The molecule has 1 spiro atoms. The number of rotatable bonds is 5. The van der Waals surface area contributed by atoms with E-state index in [0.29, 0.717) is 25.5 Å². The number of carbonyl (C=O) groups is 1. The van der Waals surface area contributed by atoms with Crippen LogP contribution in [0.1, 0.15) is 25.7 Å². The van der Waals surface area contributed by atoms with Crippen LogP contribution in [-0.4, -0.2) is 44.3 Å². The fourth-order valence-electron chi connectivity index (χ4n) is 2.84. The van der Waals surface area contributed by atoms with Crippen LogP contribution in [0.15, 0.2) is 12.7 Å². The molecule has 1 N–H and O–H groups in total. The van der Waals surface area contributed by atoms with Crippen LogP contribution in [0, 0.1) is 5.92 Å². The molecule has 18 heavy (non-hydrogen) atoms. The summed E-state index contributed by atoms with van der Waals surface area (Å²) < 4.78 is 11.3. The van der Waals surface area contributed by atoms with Gasteiger partial charge in [0.1, 0.15) is 5.78 Å². The van der Waals surface area contributed by atoms with E-state index in [-0.39, 0.29) is 11.5 Å². The van der Waals surface area contributed by atoms with Gasteiger partial charge in [0.15, 0.2) is 0 Å². The van der Waals surface area contributed by atoms with Crippen LogP contribution in [0.25, 0.3) is 0 Å². The van der Waals surface area contributed by atoms with Crippen molar-refractivity contribution >= 4 is 5.78 Å². The molecule has 2 fully saturated rings. The Hall–Kier alpha value is -0.710. The maximum Gasteiger partial charge on any atom is 0.149 e. The van der Waals surface area contributed by atoms with Gasteiger partial charge in [0.05, 0.1) is 12.1 Å². The Labute approximate surface area is 109 Å². The Morgan fingerprint density at radius 1 is 1.39 bits per heavy atom. The molecule has 0 aromatic rings. The van der Waals surface area contributed by atoms with Crippen LogP contribution in [0.2, 0.25) is 0 Å². The van der Waals surface area contributed by atoms with Crippen molar-refractivity contribution in [2.75, 3.05) is 32.9 Å². The topological polar surface area (TPSA) is 47.6 Å². The Morgan fingerprint density at radius 2 is 2.17 bits per heavy atom. The molecular weight excluding hydrogens is 230 g/mol. The minimum atomic E-state index is -0.0880. The fraction of sp³-hybridized carbons (Fsp3) is 0.786. The Kier molecular flexibility index (Phi) is 4.92. The highest BCUT2D eigenvalue weighted by atomic mass is 16.5. The number of hydrogen-bond donors (Lipinski definition) is 1. The third kappa shape index (κ3) is 3.40. The van der Waals surface area contributed by atoms with Crippen molar-refractivity contribution in [3.63, 3.8) is 0 Å². The van der Waals surface area contributed by atoms with E-state index in [1.807, 2.05) is 0 Å². The molecule has 2 heterocycles. The van der Waals surface area contributed by atoms with Gasteiger partial charge in [-0.25, -0.2) is 0 Å². The second-order valence-corrected chi connectivity index (χ2v) is 5.22. The summed E-state index contributed by atoms with van der Waals surface area (Å²) in [5.41, 5.74) is -0.0880. The van der Waals surface area contributed by atoms with Crippen molar-refractivity contribution in [1.29, 1.82) is 0 Å². The lowest BCUT2D eigenvalue weighted by atomic mass is 9.79. The zero-order valence-electron chi connectivity index (χ0n) is 11.0. The molecule has 1 atom stereocenters. The monoisotopic (exact) mass is 253 g/mol. The summed E-state index contributed by atoms with van der Waals surface area (Å²) in [6, 6.07) is 0. The van der Waals surface area contributed by atoms with E-state index in [2.05, 4.69) is 11.9 Å². The van der Waals surface area contributed by atoms with Gasteiger partial charge >= 0.3 is 0 Å². The smallest absolute Gasteiger partial charge is 0.149 e. The first-order valence-electron chi connectivity index (χ1n) is 6.82. The maximum atomic E-state index is 12.1. The zero-order chi connectivity index (χ0) is 12.8. The molecule has 0 radical (unpaired) electrons. The maximum absolute atomic E-state index is 12.1. The predicted octanol–water partition coefficient (Wildman–Crippen LogP) is 1.31. The van der Waals surface area contributed by atoms with Crippen LogP contribution in [0.5, 0.6) is 0 Å². The van der Waals surface area contributed by atoms with Crippen LogP contribution >= 0.6 is 0 Å². The van der Waals surface area contributed by atoms with E-state index >= 15 is 0 Å². The van der Waals surface area contributed by atoms with Gasteiger partial charge in [0.2, 0.25) is 0 Å².